The predicted molar refractivity (Wildman–Crippen MR) is 113 cm³/mol. The zero-order valence-corrected chi connectivity index (χ0v) is 17.6. The largest absolute Gasteiger partial charge is 0.361 e. The van der Waals surface area contributed by atoms with Crippen molar-refractivity contribution in [3.05, 3.63) is 48.2 Å². The van der Waals surface area contributed by atoms with Gasteiger partial charge in [-0.25, -0.2) is 13.4 Å². The van der Waals surface area contributed by atoms with E-state index in [9.17, 15) is 13.2 Å². The molecule has 0 bridgehead atoms. The van der Waals surface area contributed by atoms with Crippen molar-refractivity contribution in [1.29, 1.82) is 0 Å². The molecule has 1 fully saturated rings. The highest BCUT2D eigenvalue weighted by atomic mass is 32.2. The van der Waals surface area contributed by atoms with Gasteiger partial charge in [-0.05, 0) is 48.7 Å². The minimum Gasteiger partial charge on any atom is -0.361 e. The number of likely N-dealkylation sites (tertiary alicyclic amines) is 1. The molecule has 8 heteroatoms. The van der Waals surface area contributed by atoms with Gasteiger partial charge >= 0.3 is 0 Å². The first kappa shape index (κ1) is 19.7. The Morgan fingerprint density at radius 3 is 2.62 bits per heavy atom. The molecule has 29 heavy (non-hydrogen) atoms. The molecule has 2 aliphatic rings. The third kappa shape index (κ3) is 3.94. The molecule has 0 saturated carbocycles. The summed E-state index contributed by atoms with van der Waals surface area (Å²) in [7, 11) is -3.74. The second-order valence-electron chi connectivity index (χ2n) is 8.33. The number of aromatic nitrogens is 1. The fourth-order valence-electron chi connectivity index (χ4n) is 4.14. The van der Waals surface area contributed by atoms with Gasteiger partial charge < -0.3 is 9.80 Å². The summed E-state index contributed by atoms with van der Waals surface area (Å²) in [6, 6.07) is 10.2. The summed E-state index contributed by atoms with van der Waals surface area (Å²) in [6.07, 6.45) is 3.68. The molecule has 154 valence electrons. The van der Waals surface area contributed by atoms with Gasteiger partial charge in [0.15, 0.2) is 0 Å². The first-order valence-electron chi connectivity index (χ1n) is 9.87. The van der Waals surface area contributed by atoms with Gasteiger partial charge in [-0.1, -0.05) is 19.9 Å². The highest BCUT2D eigenvalue weighted by Gasteiger charge is 2.37. The highest BCUT2D eigenvalue weighted by molar-refractivity contribution is 7.92. The Bertz CT molecular complexity index is 1020. The van der Waals surface area contributed by atoms with Gasteiger partial charge in [0.05, 0.1) is 11.4 Å². The number of nitrogens with one attached hydrogen (secondary N) is 1. The van der Waals surface area contributed by atoms with Crippen LogP contribution in [0.3, 0.4) is 0 Å². The molecule has 0 aliphatic carbocycles. The summed E-state index contributed by atoms with van der Waals surface area (Å²) >= 11 is 0. The Morgan fingerprint density at radius 2 is 1.93 bits per heavy atom. The number of hydrogen-bond acceptors (Lipinski definition) is 5. The van der Waals surface area contributed by atoms with E-state index in [-0.39, 0.29) is 22.0 Å². The average molecular weight is 415 g/mol. The molecule has 0 atom stereocenters. The first-order chi connectivity index (χ1) is 13.8. The SMILES string of the molecule is CC1(C)CN(CC(=O)N2CCCC2)c2ccc(S(=O)(=O)Nc3ccccn3)cc21. The van der Waals surface area contributed by atoms with Crippen LogP contribution in [0, 0.1) is 0 Å². The number of fused-ring (bicyclic) bond motifs is 1. The molecule has 3 heterocycles. The van der Waals surface area contributed by atoms with Gasteiger partial charge in [0.1, 0.15) is 5.82 Å². The average Bonchev–Trinajstić information content (AvgIpc) is 3.29. The fraction of sp³-hybridized carbons (Fsp3) is 0.429. The zero-order chi connectivity index (χ0) is 20.6. The minimum atomic E-state index is -3.74. The number of benzene rings is 1. The Hall–Kier alpha value is -2.61. The Labute approximate surface area is 171 Å². The molecule has 0 unspecified atom stereocenters. The van der Waals surface area contributed by atoms with Crippen LogP contribution in [0.25, 0.3) is 0 Å². The summed E-state index contributed by atoms with van der Waals surface area (Å²) in [5, 5.41) is 0. The molecule has 7 nitrogen and oxygen atoms in total. The molecular formula is C21H26N4O3S. The van der Waals surface area contributed by atoms with Crippen LogP contribution < -0.4 is 9.62 Å². The lowest BCUT2D eigenvalue weighted by molar-refractivity contribution is -0.128. The molecule has 1 amide bonds. The Kier molecular flexibility index (Phi) is 4.98. The number of sulfonamides is 1. The van der Waals surface area contributed by atoms with Gasteiger partial charge in [-0.15, -0.1) is 0 Å². The maximum absolute atomic E-state index is 12.8. The van der Waals surface area contributed by atoms with Gasteiger partial charge in [0, 0.05) is 36.9 Å². The van der Waals surface area contributed by atoms with Crippen LogP contribution in [0.4, 0.5) is 11.5 Å². The van der Waals surface area contributed by atoms with Crippen molar-refractivity contribution in [1.82, 2.24) is 9.88 Å². The van der Waals surface area contributed by atoms with Gasteiger partial charge in [0.25, 0.3) is 10.0 Å². The number of amides is 1. The van der Waals surface area contributed by atoms with Crippen LogP contribution in [0.1, 0.15) is 32.3 Å². The monoisotopic (exact) mass is 414 g/mol. The van der Waals surface area contributed by atoms with E-state index >= 15 is 0 Å². The second kappa shape index (κ2) is 7.33. The molecule has 1 aromatic heterocycles. The van der Waals surface area contributed by atoms with E-state index < -0.39 is 10.0 Å². The number of carbonyl (C=O) groups excluding carboxylic acids is 1. The van der Waals surface area contributed by atoms with Crippen LogP contribution in [0.15, 0.2) is 47.5 Å². The fourth-order valence-corrected chi connectivity index (χ4v) is 5.17. The van der Waals surface area contributed by atoms with Gasteiger partial charge in [-0.3, -0.25) is 9.52 Å². The normalized spacial score (nSPS) is 18.0. The number of rotatable bonds is 5. The Balaban J connectivity index is 1.59. The maximum atomic E-state index is 12.8. The summed E-state index contributed by atoms with van der Waals surface area (Å²) in [4.78, 5) is 20.8. The van der Waals surface area contributed by atoms with Crippen LogP contribution >= 0.6 is 0 Å². The number of nitrogens with zero attached hydrogens (tertiary/aromatic N) is 3. The van der Waals surface area contributed by atoms with E-state index in [1.165, 1.54) is 0 Å². The maximum Gasteiger partial charge on any atom is 0.263 e. The predicted octanol–water partition coefficient (Wildman–Crippen LogP) is 2.60. The minimum absolute atomic E-state index is 0.139. The van der Waals surface area contributed by atoms with Crippen LogP contribution in [0.5, 0.6) is 0 Å². The second-order valence-corrected chi connectivity index (χ2v) is 10.0. The van der Waals surface area contributed by atoms with Gasteiger partial charge in [-0.2, -0.15) is 0 Å². The number of anilines is 2. The molecule has 0 radical (unpaired) electrons. The number of carbonyl (C=O) groups is 1. The third-order valence-electron chi connectivity index (χ3n) is 5.62. The smallest absolute Gasteiger partial charge is 0.263 e. The molecule has 1 aromatic carbocycles. The molecule has 4 rings (SSSR count). The zero-order valence-electron chi connectivity index (χ0n) is 16.8. The van der Waals surface area contributed by atoms with Crippen LogP contribution in [-0.2, 0) is 20.2 Å². The lowest BCUT2D eigenvalue weighted by Gasteiger charge is -2.24. The van der Waals surface area contributed by atoms with E-state index in [1.54, 1.807) is 36.5 Å². The molecule has 0 spiro atoms. The van der Waals surface area contributed by atoms with E-state index in [4.69, 9.17) is 0 Å². The molecule has 2 aliphatic heterocycles. The van der Waals surface area contributed by atoms with Crippen molar-refractivity contribution in [2.45, 2.75) is 37.0 Å². The standard InChI is InChI=1S/C21H26N4O3S/c1-21(2)15-25(14-20(26)24-11-5-6-12-24)18-9-8-16(13-17(18)21)29(27,28)23-19-7-3-4-10-22-19/h3-4,7-10,13H,5-6,11-12,14-15H2,1-2H3,(H,22,23). The molecule has 1 N–H and O–H groups in total. The van der Waals surface area contributed by atoms with Crippen molar-refractivity contribution in [2.75, 3.05) is 35.8 Å². The summed E-state index contributed by atoms with van der Waals surface area (Å²) in [5.74, 6) is 0.421. The first-order valence-corrected chi connectivity index (χ1v) is 11.4. The van der Waals surface area contributed by atoms with E-state index in [2.05, 4.69) is 28.5 Å². The molecule has 2 aromatic rings. The lowest BCUT2D eigenvalue weighted by atomic mass is 9.87. The lowest BCUT2D eigenvalue weighted by Crippen LogP contribution is -2.40. The Morgan fingerprint density at radius 1 is 1.17 bits per heavy atom. The van der Waals surface area contributed by atoms with Crippen LogP contribution in [-0.4, -0.2) is 50.4 Å². The van der Waals surface area contributed by atoms with Crippen molar-refractivity contribution in [3.8, 4) is 0 Å². The summed E-state index contributed by atoms with van der Waals surface area (Å²) in [5.41, 5.74) is 1.62. The summed E-state index contributed by atoms with van der Waals surface area (Å²) < 4.78 is 28.2. The van der Waals surface area contributed by atoms with E-state index in [0.29, 0.717) is 13.1 Å². The van der Waals surface area contributed by atoms with Crippen molar-refractivity contribution < 1.29 is 13.2 Å². The van der Waals surface area contributed by atoms with Crippen molar-refractivity contribution >= 4 is 27.4 Å². The highest BCUT2D eigenvalue weighted by Crippen LogP contribution is 2.41. The third-order valence-corrected chi connectivity index (χ3v) is 6.98. The van der Waals surface area contributed by atoms with E-state index in [1.807, 2.05) is 11.0 Å². The quantitative estimate of drug-likeness (QED) is 0.813. The topological polar surface area (TPSA) is 82.6 Å². The van der Waals surface area contributed by atoms with Gasteiger partial charge in [0.2, 0.25) is 5.91 Å². The van der Waals surface area contributed by atoms with Crippen molar-refractivity contribution in [2.24, 2.45) is 0 Å². The van der Waals surface area contributed by atoms with Crippen molar-refractivity contribution in [3.63, 3.8) is 0 Å². The summed E-state index contributed by atoms with van der Waals surface area (Å²) in [6.45, 7) is 6.83. The molecular weight excluding hydrogens is 388 g/mol. The molecule has 1 saturated heterocycles. The van der Waals surface area contributed by atoms with E-state index in [0.717, 1.165) is 37.2 Å². The van der Waals surface area contributed by atoms with Crippen LogP contribution in [0.2, 0.25) is 0 Å². The number of pyridine rings is 1. The number of hydrogen-bond donors (Lipinski definition) is 1.